The number of nitrogens with zero attached hydrogens (tertiary/aromatic N) is 2. The van der Waals surface area contributed by atoms with Crippen LogP contribution in [0.4, 0.5) is 5.00 Å². The lowest BCUT2D eigenvalue weighted by Gasteiger charge is -2.02. The second-order valence-corrected chi connectivity index (χ2v) is 3.92. The summed E-state index contributed by atoms with van der Waals surface area (Å²) in [6.07, 6.45) is 1.79. The van der Waals surface area contributed by atoms with Crippen LogP contribution in [0.25, 0.3) is 0 Å². The van der Waals surface area contributed by atoms with E-state index in [0.29, 0.717) is 5.56 Å². The quantitative estimate of drug-likeness (QED) is 0.856. The monoisotopic (exact) mass is 215 g/mol. The molecule has 74 valence electrons. The maximum absolute atomic E-state index is 8.74. The highest BCUT2D eigenvalue weighted by atomic mass is 32.1. The van der Waals surface area contributed by atoms with Crippen LogP contribution in [0.15, 0.2) is 36.0 Å². The Kier molecular flexibility index (Phi) is 2.96. The molecule has 15 heavy (non-hydrogen) atoms. The molecule has 0 aliphatic heterocycles. The van der Waals surface area contributed by atoms with Crippen molar-refractivity contribution in [2.45, 2.75) is 6.54 Å². The lowest BCUT2D eigenvalue weighted by Crippen LogP contribution is -1.97. The molecule has 4 heteroatoms. The van der Waals surface area contributed by atoms with Crippen LogP contribution in [0.2, 0.25) is 0 Å². The fourth-order valence-electron chi connectivity index (χ4n) is 1.24. The fourth-order valence-corrected chi connectivity index (χ4v) is 1.76. The second kappa shape index (κ2) is 4.58. The minimum Gasteiger partial charge on any atom is -0.372 e. The van der Waals surface area contributed by atoms with E-state index in [-0.39, 0.29) is 0 Å². The van der Waals surface area contributed by atoms with Gasteiger partial charge >= 0.3 is 0 Å². The molecule has 1 heterocycles. The predicted molar refractivity (Wildman–Crippen MR) is 60.6 cm³/mol. The van der Waals surface area contributed by atoms with E-state index in [4.69, 9.17) is 5.26 Å². The first-order valence-corrected chi connectivity index (χ1v) is 5.38. The Morgan fingerprint density at radius 1 is 1.47 bits per heavy atom. The molecule has 0 aliphatic rings. The predicted octanol–water partition coefficient (Wildman–Crippen LogP) is 2.63. The molecule has 0 aliphatic carbocycles. The minimum atomic E-state index is 0.693. The van der Waals surface area contributed by atoms with Crippen molar-refractivity contribution in [1.29, 1.82) is 5.26 Å². The zero-order valence-electron chi connectivity index (χ0n) is 7.97. The van der Waals surface area contributed by atoms with Crippen molar-refractivity contribution in [2.24, 2.45) is 0 Å². The van der Waals surface area contributed by atoms with Gasteiger partial charge in [-0.05, 0) is 17.7 Å². The fraction of sp³-hybridized carbons (Fsp3) is 0.0909. The molecule has 0 unspecified atom stereocenters. The van der Waals surface area contributed by atoms with Gasteiger partial charge in [-0.1, -0.05) is 12.1 Å². The maximum atomic E-state index is 8.74. The van der Waals surface area contributed by atoms with Crippen LogP contribution >= 0.6 is 11.3 Å². The van der Waals surface area contributed by atoms with Gasteiger partial charge in [0.05, 0.1) is 23.3 Å². The summed E-state index contributed by atoms with van der Waals surface area (Å²) in [6, 6.07) is 9.69. The van der Waals surface area contributed by atoms with Gasteiger partial charge in [0.25, 0.3) is 0 Å². The number of thiazole rings is 1. The van der Waals surface area contributed by atoms with Crippen LogP contribution in [0.3, 0.4) is 0 Å². The Balaban J connectivity index is 2.02. The van der Waals surface area contributed by atoms with Crippen molar-refractivity contribution in [3.63, 3.8) is 0 Å². The Morgan fingerprint density at radius 3 is 3.13 bits per heavy atom. The SMILES string of the molecule is N#Cc1cccc(CNc2cncs2)c1. The number of benzene rings is 1. The number of nitriles is 1. The highest BCUT2D eigenvalue weighted by Crippen LogP contribution is 2.14. The summed E-state index contributed by atoms with van der Waals surface area (Å²) in [5.74, 6) is 0. The standard InChI is InChI=1S/C11H9N3S/c12-5-9-2-1-3-10(4-9)6-14-11-7-13-8-15-11/h1-4,7-8,14H,6H2. The third-order valence-corrected chi connectivity index (χ3v) is 2.69. The van der Waals surface area contributed by atoms with Gasteiger partial charge in [-0.25, -0.2) is 0 Å². The summed E-state index contributed by atoms with van der Waals surface area (Å²) in [4.78, 5) is 3.97. The molecular weight excluding hydrogens is 206 g/mol. The van der Waals surface area contributed by atoms with Gasteiger partial charge in [-0.15, -0.1) is 11.3 Å². The molecule has 0 spiro atoms. The highest BCUT2D eigenvalue weighted by Gasteiger charge is 1.96. The molecule has 0 fully saturated rings. The Labute approximate surface area is 92.0 Å². The first-order valence-electron chi connectivity index (χ1n) is 4.50. The molecule has 1 aromatic carbocycles. The summed E-state index contributed by atoms with van der Waals surface area (Å²) in [5.41, 5.74) is 3.58. The zero-order valence-corrected chi connectivity index (χ0v) is 8.79. The zero-order chi connectivity index (χ0) is 10.5. The van der Waals surface area contributed by atoms with Crippen molar-refractivity contribution in [3.8, 4) is 6.07 Å². The second-order valence-electron chi connectivity index (χ2n) is 3.03. The highest BCUT2D eigenvalue weighted by molar-refractivity contribution is 7.13. The Morgan fingerprint density at radius 2 is 2.40 bits per heavy atom. The molecule has 2 rings (SSSR count). The molecule has 1 aromatic heterocycles. The van der Waals surface area contributed by atoms with Gasteiger partial charge in [0.2, 0.25) is 0 Å². The Hall–Kier alpha value is -1.86. The molecule has 0 atom stereocenters. The summed E-state index contributed by atoms with van der Waals surface area (Å²) >= 11 is 1.56. The number of nitrogens with one attached hydrogen (secondary N) is 1. The van der Waals surface area contributed by atoms with E-state index in [1.807, 2.05) is 18.2 Å². The number of anilines is 1. The van der Waals surface area contributed by atoms with Crippen LogP contribution in [-0.4, -0.2) is 4.98 Å². The van der Waals surface area contributed by atoms with Gasteiger partial charge in [0.15, 0.2) is 0 Å². The number of hydrogen-bond acceptors (Lipinski definition) is 4. The van der Waals surface area contributed by atoms with Gasteiger partial charge in [-0.3, -0.25) is 4.98 Å². The van der Waals surface area contributed by atoms with Crippen LogP contribution < -0.4 is 5.32 Å². The lowest BCUT2D eigenvalue weighted by molar-refractivity contribution is 1.15. The van der Waals surface area contributed by atoms with Crippen molar-refractivity contribution < 1.29 is 0 Å². The largest absolute Gasteiger partial charge is 0.372 e. The number of rotatable bonds is 3. The smallest absolute Gasteiger partial charge is 0.109 e. The van der Waals surface area contributed by atoms with E-state index in [9.17, 15) is 0 Å². The molecule has 0 amide bonds. The first-order chi connectivity index (χ1) is 7.38. The molecule has 0 saturated heterocycles. The first kappa shape index (κ1) is 9.69. The van der Waals surface area contributed by atoms with Crippen LogP contribution in [0.5, 0.6) is 0 Å². The van der Waals surface area contributed by atoms with Crippen molar-refractivity contribution in [1.82, 2.24) is 4.98 Å². The van der Waals surface area contributed by atoms with Crippen molar-refractivity contribution >= 4 is 16.3 Å². The van der Waals surface area contributed by atoms with E-state index in [0.717, 1.165) is 17.1 Å². The van der Waals surface area contributed by atoms with Gasteiger partial charge < -0.3 is 5.32 Å². The van der Waals surface area contributed by atoms with Crippen molar-refractivity contribution in [2.75, 3.05) is 5.32 Å². The number of hydrogen-bond donors (Lipinski definition) is 1. The van der Waals surface area contributed by atoms with Crippen molar-refractivity contribution in [3.05, 3.63) is 47.1 Å². The van der Waals surface area contributed by atoms with E-state index < -0.39 is 0 Å². The Bertz CT molecular complexity index is 471. The van der Waals surface area contributed by atoms with Crippen LogP contribution in [0.1, 0.15) is 11.1 Å². The average molecular weight is 215 g/mol. The lowest BCUT2D eigenvalue weighted by atomic mass is 10.1. The third kappa shape index (κ3) is 2.55. The van der Waals surface area contributed by atoms with Gasteiger partial charge in [-0.2, -0.15) is 5.26 Å². The molecule has 0 radical (unpaired) electrons. The van der Waals surface area contributed by atoms with E-state index >= 15 is 0 Å². The molecule has 3 nitrogen and oxygen atoms in total. The van der Waals surface area contributed by atoms with Crippen LogP contribution in [0, 0.1) is 11.3 Å². The third-order valence-electron chi connectivity index (χ3n) is 1.96. The topological polar surface area (TPSA) is 48.7 Å². The summed E-state index contributed by atoms with van der Waals surface area (Å²) in [6.45, 7) is 0.720. The molecular formula is C11H9N3S. The summed E-state index contributed by atoms with van der Waals surface area (Å²) in [5, 5.41) is 13.0. The molecule has 1 N–H and O–H groups in total. The number of aromatic nitrogens is 1. The summed E-state index contributed by atoms with van der Waals surface area (Å²) < 4.78 is 0. The molecule has 0 saturated carbocycles. The normalized spacial score (nSPS) is 9.53. The van der Waals surface area contributed by atoms with E-state index in [2.05, 4.69) is 16.4 Å². The average Bonchev–Trinajstić information content (AvgIpc) is 2.79. The molecule has 0 bridgehead atoms. The van der Waals surface area contributed by atoms with Gasteiger partial charge in [0.1, 0.15) is 5.00 Å². The minimum absolute atomic E-state index is 0.693. The molecule has 2 aromatic rings. The van der Waals surface area contributed by atoms with Crippen LogP contribution in [-0.2, 0) is 6.54 Å². The summed E-state index contributed by atoms with van der Waals surface area (Å²) in [7, 11) is 0. The van der Waals surface area contributed by atoms with E-state index in [1.54, 1.807) is 29.1 Å². The maximum Gasteiger partial charge on any atom is 0.109 e. The van der Waals surface area contributed by atoms with Gasteiger partial charge in [0, 0.05) is 6.54 Å². The van der Waals surface area contributed by atoms with E-state index in [1.165, 1.54) is 0 Å².